The van der Waals surface area contributed by atoms with Gasteiger partial charge in [0.05, 0.1) is 0 Å². The lowest BCUT2D eigenvalue weighted by molar-refractivity contribution is -0.133. The van der Waals surface area contributed by atoms with Crippen LogP contribution >= 0.6 is 0 Å². The minimum Gasteiger partial charge on any atom is -0.478 e. The molecule has 0 bridgehead atoms. The number of carboxylic acid groups (broad SMARTS) is 1. The molecule has 0 saturated carbocycles. The van der Waals surface area contributed by atoms with Gasteiger partial charge in [-0.2, -0.15) is 0 Å². The number of hydrogen-bond acceptors (Lipinski definition) is 2. The molecule has 0 aromatic heterocycles. The fourth-order valence-corrected chi connectivity index (χ4v) is 2.92. The molecule has 1 atom stereocenters. The maximum Gasteiger partial charge on any atom is 0.332 e. The Morgan fingerprint density at radius 2 is 1.86 bits per heavy atom. The van der Waals surface area contributed by atoms with Gasteiger partial charge >= 0.3 is 5.97 Å². The standard InChI is InChI=1S/C18H25NO2/c1-12(16(17(20)21)14-9-10-19-11-14)13-5-7-15(8-6-13)18(2,3)4/h5-8,14,19H,9-11H2,1-4H3,(H,20,21). The van der Waals surface area contributed by atoms with Crippen LogP contribution in [-0.2, 0) is 10.2 Å². The van der Waals surface area contributed by atoms with Crippen molar-refractivity contribution in [3.8, 4) is 0 Å². The van der Waals surface area contributed by atoms with Crippen molar-refractivity contribution < 1.29 is 9.90 Å². The third-order valence-corrected chi connectivity index (χ3v) is 4.29. The van der Waals surface area contributed by atoms with Crippen LogP contribution in [0.4, 0.5) is 0 Å². The highest BCUT2D eigenvalue weighted by molar-refractivity contribution is 5.96. The summed E-state index contributed by atoms with van der Waals surface area (Å²) in [5.74, 6) is -0.675. The molecule has 1 fully saturated rings. The summed E-state index contributed by atoms with van der Waals surface area (Å²) in [4.78, 5) is 11.6. The molecule has 1 aliphatic heterocycles. The fourth-order valence-electron chi connectivity index (χ4n) is 2.92. The Hall–Kier alpha value is -1.61. The number of carbonyl (C=O) groups is 1. The molecule has 21 heavy (non-hydrogen) atoms. The molecule has 1 saturated heterocycles. The highest BCUT2D eigenvalue weighted by atomic mass is 16.4. The van der Waals surface area contributed by atoms with Gasteiger partial charge in [-0.15, -0.1) is 0 Å². The van der Waals surface area contributed by atoms with Crippen molar-refractivity contribution in [3.63, 3.8) is 0 Å². The molecular weight excluding hydrogens is 262 g/mol. The predicted molar refractivity (Wildman–Crippen MR) is 86.3 cm³/mol. The van der Waals surface area contributed by atoms with E-state index in [1.807, 2.05) is 19.1 Å². The Kier molecular flexibility index (Phi) is 4.52. The van der Waals surface area contributed by atoms with Crippen LogP contribution < -0.4 is 5.32 Å². The maximum atomic E-state index is 11.6. The highest BCUT2D eigenvalue weighted by Gasteiger charge is 2.26. The Balaban J connectivity index is 2.37. The van der Waals surface area contributed by atoms with Crippen LogP contribution in [0, 0.1) is 5.92 Å². The van der Waals surface area contributed by atoms with E-state index >= 15 is 0 Å². The molecule has 0 aliphatic carbocycles. The smallest absolute Gasteiger partial charge is 0.332 e. The number of allylic oxidation sites excluding steroid dienone is 1. The molecule has 0 radical (unpaired) electrons. The molecule has 1 aromatic rings. The first kappa shape index (κ1) is 15.8. The average molecular weight is 287 g/mol. The average Bonchev–Trinajstić information content (AvgIpc) is 2.91. The highest BCUT2D eigenvalue weighted by Crippen LogP contribution is 2.29. The van der Waals surface area contributed by atoms with Crippen molar-refractivity contribution in [3.05, 3.63) is 41.0 Å². The molecule has 3 heteroatoms. The first-order valence-corrected chi connectivity index (χ1v) is 7.56. The molecule has 114 valence electrons. The molecule has 3 nitrogen and oxygen atoms in total. The molecule has 0 amide bonds. The van der Waals surface area contributed by atoms with Crippen molar-refractivity contribution in [2.24, 2.45) is 5.92 Å². The summed E-state index contributed by atoms with van der Waals surface area (Å²) in [5, 5.41) is 12.8. The van der Waals surface area contributed by atoms with Gasteiger partial charge in [0.15, 0.2) is 0 Å². The van der Waals surface area contributed by atoms with Crippen LogP contribution in [0.1, 0.15) is 45.2 Å². The van der Waals surface area contributed by atoms with E-state index < -0.39 is 5.97 Å². The van der Waals surface area contributed by atoms with Crippen LogP contribution in [0.25, 0.3) is 5.57 Å². The zero-order valence-electron chi connectivity index (χ0n) is 13.4. The second-order valence-corrected chi connectivity index (χ2v) is 6.86. The SMILES string of the molecule is CC(=C(C(=O)O)C1CCNC1)c1ccc(C(C)(C)C)cc1. The topological polar surface area (TPSA) is 49.3 Å². The first-order chi connectivity index (χ1) is 9.80. The Morgan fingerprint density at radius 3 is 2.29 bits per heavy atom. The van der Waals surface area contributed by atoms with E-state index in [0.29, 0.717) is 5.57 Å². The molecule has 1 aromatic carbocycles. The van der Waals surface area contributed by atoms with E-state index in [9.17, 15) is 9.90 Å². The van der Waals surface area contributed by atoms with Crippen molar-refractivity contribution in [2.75, 3.05) is 13.1 Å². The van der Waals surface area contributed by atoms with Gasteiger partial charge in [0.25, 0.3) is 0 Å². The van der Waals surface area contributed by atoms with Gasteiger partial charge in [-0.3, -0.25) is 0 Å². The Morgan fingerprint density at radius 1 is 1.24 bits per heavy atom. The van der Waals surface area contributed by atoms with Crippen molar-refractivity contribution in [1.82, 2.24) is 5.32 Å². The molecule has 1 unspecified atom stereocenters. The van der Waals surface area contributed by atoms with Crippen LogP contribution in [0.3, 0.4) is 0 Å². The first-order valence-electron chi connectivity index (χ1n) is 7.56. The summed E-state index contributed by atoms with van der Waals surface area (Å²) >= 11 is 0. The number of rotatable bonds is 3. The molecule has 1 aliphatic rings. The van der Waals surface area contributed by atoms with E-state index in [1.165, 1.54) is 5.56 Å². The second-order valence-electron chi connectivity index (χ2n) is 6.86. The van der Waals surface area contributed by atoms with Gasteiger partial charge in [0, 0.05) is 18.0 Å². The Labute approximate surface area is 127 Å². The van der Waals surface area contributed by atoms with Gasteiger partial charge in [0.1, 0.15) is 0 Å². The number of hydrogen-bond donors (Lipinski definition) is 2. The number of nitrogens with one attached hydrogen (secondary N) is 1. The quantitative estimate of drug-likeness (QED) is 0.837. The van der Waals surface area contributed by atoms with E-state index in [0.717, 1.165) is 30.6 Å². The number of carboxylic acids is 1. The monoisotopic (exact) mass is 287 g/mol. The van der Waals surface area contributed by atoms with E-state index in [1.54, 1.807) is 0 Å². The van der Waals surface area contributed by atoms with Crippen molar-refractivity contribution >= 4 is 11.5 Å². The van der Waals surface area contributed by atoms with Crippen LogP contribution in [0.2, 0.25) is 0 Å². The second kappa shape index (κ2) is 6.02. The van der Waals surface area contributed by atoms with E-state index in [4.69, 9.17) is 0 Å². The van der Waals surface area contributed by atoms with Gasteiger partial charge in [-0.1, -0.05) is 45.0 Å². The third-order valence-electron chi connectivity index (χ3n) is 4.29. The van der Waals surface area contributed by atoms with Crippen LogP contribution in [0.5, 0.6) is 0 Å². The van der Waals surface area contributed by atoms with Crippen LogP contribution in [0.15, 0.2) is 29.8 Å². The number of aliphatic carboxylic acids is 1. The molecule has 1 heterocycles. The molecule has 2 N–H and O–H groups in total. The number of benzene rings is 1. The van der Waals surface area contributed by atoms with Gasteiger partial charge in [-0.05, 0) is 42.0 Å². The largest absolute Gasteiger partial charge is 0.478 e. The zero-order chi connectivity index (χ0) is 15.6. The van der Waals surface area contributed by atoms with Crippen molar-refractivity contribution in [1.29, 1.82) is 0 Å². The predicted octanol–water partition coefficient (Wildman–Crippen LogP) is 3.45. The molecule has 2 rings (SSSR count). The summed E-state index contributed by atoms with van der Waals surface area (Å²) in [6.07, 6.45) is 0.902. The zero-order valence-corrected chi connectivity index (χ0v) is 13.4. The maximum absolute atomic E-state index is 11.6. The normalized spacial score (nSPS) is 20.3. The minimum atomic E-state index is -0.791. The summed E-state index contributed by atoms with van der Waals surface area (Å²) in [5.41, 5.74) is 3.83. The third kappa shape index (κ3) is 3.53. The summed E-state index contributed by atoms with van der Waals surface area (Å²) in [7, 11) is 0. The lowest BCUT2D eigenvalue weighted by Gasteiger charge is -2.20. The Bertz CT molecular complexity index is 544. The lowest BCUT2D eigenvalue weighted by atomic mass is 9.85. The lowest BCUT2D eigenvalue weighted by Crippen LogP contribution is -2.17. The van der Waals surface area contributed by atoms with E-state index in [2.05, 4.69) is 38.2 Å². The summed E-state index contributed by atoms with van der Waals surface area (Å²) in [6, 6.07) is 8.29. The van der Waals surface area contributed by atoms with Crippen LogP contribution in [-0.4, -0.2) is 24.2 Å². The summed E-state index contributed by atoms with van der Waals surface area (Å²) in [6.45, 7) is 10.1. The molecular formula is C18H25NO2. The van der Waals surface area contributed by atoms with Gasteiger partial charge < -0.3 is 10.4 Å². The summed E-state index contributed by atoms with van der Waals surface area (Å²) < 4.78 is 0. The van der Waals surface area contributed by atoms with Gasteiger partial charge in [-0.25, -0.2) is 4.79 Å². The molecule has 0 spiro atoms. The van der Waals surface area contributed by atoms with Crippen molar-refractivity contribution in [2.45, 2.75) is 39.5 Å². The van der Waals surface area contributed by atoms with E-state index in [-0.39, 0.29) is 11.3 Å². The minimum absolute atomic E-state index is 0.112. The fraction of sp³-hybridized carbons (Fsp3) is 0.500. The van der Waals surface area contributed by atoms with Gasteiger partial charge in [0.2, 0.25) is 0 Å².